The van der Waals surface area contributed by atoms with Crippen LogP contribution < -0.4 is 11.3 Å². The lowest BCUT2D eigenvalue weighted by atomic mass is 10.0. The first kappa shape index (κ1) is 17.6. The molecule has 2 aliphatic rings. The molecule has 3 N–H and O–H groups in total. The topological polar surface area (TPSA) is 109 Å². The molecule has 0 aliphatic carbocycles. The number of nitrogens with two attached hydrogens (primary N) is 1. The van der Waals surface area contributed by atoms with Gasteiger partial charge in [0.05, 0.1) is 11.5 Å². The van der Waals surface area contributed by atoms with E-state index in [9.17, 15) is 14.4 Å². The largest absolute Gasteiger partial charge is 0.381 e. The molecule has 1 aromatic rings. The molecule has 2 aliphatic heterocycles. The van der Waals surface area contributed by atoms with Gasteiger partial charge in [0.15, 0.2) is 0 Å². The van der Waals surface area contributed by atoms with E-state index in [1.165, 1.54) is 18.3 Å². The van der Waals surface area contributed by atoms with Crippen LogP contribution in [0.1, 0.15) is 23.2 Å². The van der Waals surface area contributed by atoms with Crippen molar-refractivity contribution < 1.29 is 14.3 Å². The molecule has 0 aromatic carbocycles. The average Bonchev–Trinajstić information content (AvgIpc) is 2.86. The molecule has 0 unspecified atom stereocenters. The van der Waals surface area contributed by atoms with Gasteiger partial charge in [-0.3, -0.25) is 19.3 Å². The number of amides is 2. The molecule has 2 fully saturated rings. The van der Waals surface area contributed by atoms with Crippen molar-refractivity contribution in [1.82, 2.24) is 14.8 Å². The Morgan fingerprint density at radius 3 is 2.56 bits per heavy atom. The average molecular weight is 348 g/mol. The van der Waals surface area contributed by atoms with Gasteiger partial charge in [0.25, 0.3) is 5.91 Å². The lowest BCUT2D eigenvalue weighted by Crippen LogP contribution is -2.44. The van der Waals surface area contributed by atoms with Crippen LogP contribution in [0.2, 0.25) is 0 Å². The molecule has 0 spiro atoms. The highest BCUT2D eigenvalue weighted by atomic mass is 16.5. The number of H-pyrrole nitrogens is 1. The van der Waals surface area contributed by atoms with Gasteiger partial charge >= 0.3 is 0 Å². The minimum atomic E-state index is -0.406. The SMILES string of the molecule is NC(=O)[C@@H]1CN(C(=O)c2ccc(=O)[nH]c2)CCN(C2CCOCC2)C1. The minimum Gasteiger partial charge on any atom is -0.381 e. The number of primary amides is 1. The van der Waals surface area contributed by atoms with Gasteiger partial charge in [0.1, 0.15) is 0 Å². The van der Waals surface area contributed by atoms with E-state index in [1.54, 1.807) is 4.90 Å². The first-order valence-corrected chi connectivity index (χ1v) is 8.63. The number of hydrogen-bond donors (Lipinski definition) is 2. The second kappa shape index (κ2) is 7.79. The number of carbonyl (C=O) groups excluding carboxylic acids is 2. The van der Waals surface area contributed by atoms with Crippen LogP contribution in [-0.2, 0) is 9.53 Å². The van der Waals surface area contributed by atoms with Gasteiger partial charge in [0, 0.05) is 57.7 Å². The van der Waals surface area contributed by atoms with E-state index in [4.69, 9.17) is 10.5 Å². The smallest absolute Gasteiger partial charge is 0.255 e. The Balaban J connectivity index is 1.74. The predicted octanol–water partition coefficient (Wildman–Crippen LogP) is -0.587. The molecule has 25 heavy (non-hydrogen) atoms. The van der Waals surface area contributed by atoms with Gasteiger partial charge in [-0.05, 0) is 18.9 Å². The molecule has 136 valence electrons. The molecule has 1 aromatic heterocycles. The van der Waals surface area contributed by atoms with Crippen LogP contribution in [0.3, 0.4) is 0 Å². The van der Waals surface area contributed by atoms with Crippen LogP contribution in [0.4, 0.5) is 0 Å². The fourth-order valence-electron chi connectivity index (χ4n) is 3.51. The van der Waals surface area contributed by atoms with Gasteiger partial charge in [0.2, 0.25) is 11.5 Å². The van der Waals surface area contributed by atoms with Crippen molar-refractivity contribution in [1.29, 1.82) is 0 Å². The lowest BCUT2D eigenvalue weighted by Gasteiger charge is -2.34. The first-order valence-electron chi connectivity index (χ1n) is 8.63. The molecular weight excluding hydrogens is 324 g/mol. The molecule has 0 radical (unpaired) electrons. The highest BCUT2D eigenvalue weighted by Crippen LogP contribution is 2.20. The number of aromatic amines is 1. The van der Waals surface area contributed by atoms with E-state index in [2.05, 4.69) is 9.88 Å². The monoisotopic (exact) mass is 348 g/mol. The third kappa shape index (κ3) is 4.26. The van der Waals surface area contributed by atoms with Crippen LogP contribution >= 0.6 is 0 Å². The Kier molecular flexibility index (Phi) is 5.50. The number of hydrogen-bond acceptors (Lipinski definition) is 5. The summed E-state index contributed by atoms with van der Waals surface area (Å²) in [5.41, 5.74) is 5.72. The third-order valence-electron chi connectivity index (χ3n) is 4.98. The second-order valence-electron chi connectivity index (χ2n) is 6.63. The second-order valence-corrected chi connectivity index (χ2v) is 6.63. The quantitative estimate of drug-likeness (QED) is 0.759. The van der Waals surface area contributed by atoms with Gasteiger partial charge in [-0.15, -0.1) is 0 Å². The fraction of sp³-hybridized carbons (Fsp3) is 0.588. The van der Waals surface area contributed by atoms with E-state index in [0.29, 0.717) is 37.8 Å². The molecule has 0 bridgehead atoms. The van der Waals surface area contributed by atoms with E-state index < -0.39 is 11.8 Å². The van der Waals surface area contributed by atoms with E-state index >= 15 is 0 Å². The highest BCUT2D eigenvalue weighted by Gasteiger charge is 2.32. The number of ether oxygens (including phenoxy) is 1. The van der Waals surface area contributed by atoms with E-state index in [-0.39, 0.29) is 11.5 Å². The van der Waals surface area contributed by atoms with Gasteiger partial charge in [-0.2, -0.15) is 0 Å². The van der Waals surface area contributed by atoms with Crippen molar-refractivity contribution in [3.05, 3.63) is 34.2 Å². The van der Waals surface area contributed by atoms with Crippen LogP contribution in [0, 0.1) is 5.92 Å². The summed E-state index contributed by atoms with van der Waals surface area (Å²) in [6.07, 6.45) is 3.27. The van der Waals surface area contributed by atoms with Gasteiger partial charge in [-0.25, -0.2) is 0 Å². The van der Waals surface area contributed by atoms with Crippen LogP contribution in [0.25, 0.3) is 0 Å². The van der Waals surface area contributed by atoms with Crippen molar-refractivity contribution in [2.24, 2.45) is 11.7 Å². The zero-order chi connectivity index (χ0) is 17.8. The number of rotatable bonds is 3. The van der Waals surface area contributed by atoms with E-state index in [1.807, 2.05) is 0 Å². The summed E-state index contributed by atoms with van der Waals surface area (Å²) in [6, 6.07) is 3.19. The number of nitrogens with zero attached hydrogens (tertiary/aromatic N) is 2. The van der Waals surface area contributed by atoms with Crippen molar-refractivity contribution in [3.8, 4) is 0 Å². The molecule has 0 saturated carbocycles. The van der Waals surface area contributed by atoms with Gasteiger partial charge < -0.3 is 20.4 Å². The molecule has 3 rings (SSSR count). The van der Waals surface area contributed by atoms with Crippen molar-refractivity contribution in [2.75, 3.05) is 39.4 Å². The molecule has 8 heteroatoms. The summed E-state index contributed by atoms with van der Waals surface area (Å²) in [5.74, 6) is -0.994. The number of pyridine rings is 1. The number of carbonyl (C=O) groups is 2. The van der Waals surface area contributed by atoms with Gasteiger partial charge in [-0.1, -0.05) is 0 Å². The molecule has 8 nitrogen and oxygen atoms in total. The zero-order valence-corrected chi connectivity index (χ0v) is 14.1. The normalized spacial score (nSPS) is 23.2. The molecule has 2 amide bonds. The van der Waals surface area contributed by atoms with Crippen molar-refractivity contribution >= 4 is 11.8 Å². The Bertz CT molecular complexity index is 663. The summed E-state index contributed by atoms with van der Waals surface area (Å²) < 4.78 is 5.41. The number of nitrogens with one attached hydrogen (secondary N) is 1. The first-order chi connectivity index (χ1) is 12.0. The summed E-state index contributed by atoms with van der Waals surface area (Å²) in [6.45, 7) is 3.54. The maximum atomic E-state index is 12.7. The van der Waals surface area contributed by atoms with E-state index in [0.717, 1.165) is 26.1 Å². The summed E-state index contributed by atoms with van der Waals surface area (Å²) >= 11 is 0. The van der Waals surface area contributed by atoms with Crippen molar-refractivity contribution in [3.63, 3.8) is 0 Å². The summed E-state index contributed by atoms with van der Waals surface area (Å²) in [4.78, 5) is 42.2. The fourth-order valence-corrected chi connectivity index (χ4v) is 3.51. The summed E-state index contributed by atoms with van der Waals surface area (Å²) in [7, 11) is 0. The predicted molar refractivity (Wildman–Crippen MR) is 91.1 cm³/mol. The van der Waals surface area contributed by atoms with Crippen LogP contribution in [0.5, 0.6) is 0 Å². The molecular formula is C17H24N4O4. The maximum Gasteiger partial charge on any atom is 0.255 e. The third-order valence-corrected chi connectivity index (χ3v) is 4.98. The van der Waals surface area contributed by atoms with Crippen molar-refractivity contribution in [2.45, 2.75) is 18.9 Å². The number of aromatic nitrogens is 1. The Labute approximate surface area is 145 Å². The lowest BCUT2D eigenvalue weighted by molar-refractivity contribution is -0.122. The molecule has 3 heterocycles. The Morgan fingerprint density at radius 1 is 1.16 bits per heavy atom. The standard InChI is InChI=1S/C17H24N4O4/c18-16(23)13-10-20(14-3-7-25-8-4-14)5-6-21(11-13)17(24)12-1-2-15(22)19-9-12/h1-2,9,13-14H,3-8,10-11H2,(H2,18,23)(H,19,22)/t13-/m0/s1. The van der Waals surface area contributed by atoms with Crippen LogP contribution in [-0.4, -0.2) is 72.0 Å². The Morgan fingerprint density at radius 2 is 1.92 bits per heavy atom. The Hall–Kier alpha value is -2.19. The highest BCUT2D eigenvalue weighted by molar-refractivity contribution is 5.94. The maximum absolute atomic E-state index is 12.7. The molecule has 1 atom stereocenters. The van der Waals surface area contributed by atoms with Crippen LogP contribution in [0.15, 0.2) is 23.1 Å². The minimum absolute atomic E-state index is 0.198. The summed E-state index contributed by atoms with van der Waals surface area (Å²) in [5, 5.41) is 0. The zero-order valence-electron chi connectivity index (χ0n) is 14.1. The molecule has 2 saturated heterocycles.